The first-order valence-electron chi connectivity index (χ1n) is 9.71. The Morgan fingerprint density at radius 2 is 1.81 bits per heavy atom. The minimum Gasteiger partial charge on any atom is -0.361 e. The molecular formula is C22H21ClF3N5O. The third kappa shape index (κ3) is 5.74. The number of benzene rings is 1. The number of pyridine rings is 2. The summed E-state index contributed by atoms with van der Waals surface area (Å²) in [6.07, 6.45) is 1.97. The molecule has 1 amide bonds. The SMILES string of the molecule is NCc1ccccc1CNC(=O)Cc1c(Cl)cnc(NCC(F)(F)c2ccccn2)c1F. The number of halogens is 4. The molecule has 4 N–H and O–H groups in total. The highest BCUT2D eigenvalue weighted by Gasteiger charge is 2.33. The summed E-state index contributed by atoms with van der Waals surface area (Å²) in [5.74, 6) is -5.25. The fourth-order valence-corrected chi connectivity index (χ4v) is 3.20. The lowest BCUT2D eigenvalue weighted by Crippen LogP contribution is -2.27. The molecule has 6 nitrogen and oxygen atoms in total. The van der Waals surface area contributed by atoms with Crippen molar-refractivity contribution in [2.24, 2.45) is 5.73 Å². The molecule has 1 aromatic carbocycles. The third-order valence-corrected chi connectivity index (χ3v) is 5.06. The van der Waals surface area contributed by atoms with Crippen molar-refractivity contribution in [3.8, 4) is 0 Å². The first-order valence-corrected chi connectivity index (χ1v) is 10.1. The van der Waals surface area contributed by atoms with Gasteiger partial charge in [-0.05, 0) is 23.3 Å². The van der Waals surface area contributed by atoms with E-state index in [2.05, 4.69) is 20.6 Å². The van der Waals surface area contributed by atoms with E-state index in [1.807, 2.05) is 24.3 Å². The summed E-state index contributed by atoms with van der Waals surface area (Å²) >= 11 is 6.01. The number of amides is 1. The number of hydrogen-bond acceptors (Lipinski definition) is 5. The Hall–Kier alpha value is -3.17. The number of rotatable bonds is 9. The fourth-order valence-electron chi connectivity index (χ4n) is 3.00. The van der Waals surface area contributed by atoms with Crippen molar-refractivity contribution in [1.29, 1.82) is 0 Å². The number of anilines is 1. The molecule has 10 heteroatoms. The summed E-state index contributed by atoms with van der Waals surface area (Å²) in [6.45, 7) is -0.413. The van der Waals surface area contributed by atoms with E-state index in [0.717, 1.165) is 17.3 Å². The van der Waals surface area contributed by atoms with Crippen LogP contribution in [0.15, 0.2) is 54.9 Å². The Bertz CT molecular complexity index is 1080. The van der Waals surface area contributed by atoms with E-state index in [4.69, 9.17) is 17.3 Å². The zero-order valence-electron chi connectivity index (χ0n) is 16.9. The van der Waals surface area contributed by atoms with Crippen molar-refractivity contribution in [3.05, 3.63) is 88.1 Å². The van der Waals surface area contributed by atoms with Crippen molar-refractivity contribution >= 4 is 23.3 Å². The van der Waals surface area contributed by atoms with Gasteiger partial charge in [0.1, 0.15) is 5.69 Å². The fraction of sp³-hybridized carbons (Fsp3) is 0.227. The number of nitrogens with two attached hydrogens (primary N) is 1. The van der Waals surface area contributed by atoms with E-state index in [9.17, 15) is 18.0 Å². The molecule has 0 radical (unpaired) electrons. The van der Waals surface area contributed by atoms with E-state index in [1.165, 1.54) is 24.4 Å². The molecular weight excluding hydrogens is 443 g/mol. The van der Waals surface area contributed by atoms with Crippen LogP contribution < -0.4 is 16.4 Å². The summed E-state index contributed by atoms with van der Waals surface area (Å²) in [7, 11) is 0. The Morgan fingerprint density at radius 1 is 1.09 bits per heavy atom. The van der Waals surface area contributed by atoms with Gasteiger partial charge in [-0.1, -0.05) is 41.9 Å². The molecule has 0 spiro atoms. The van der Waals surface area contributed by atoms with Gasteiger partial charge >= 0.3 is 5.92 Å². The van der Waals surface area contributed by atoms with Crippen molar-refractivity contribution < 1.29 is 18.0 Å². The maximum Gasteiger partial charge on any atom is 0.306 e. The zero-order chi connectivity index (χ0) is 23.1. The monoisotopic (exact) mass is 463 g/mol. The standard InChI is InChI=1S/C22H21ClF3N5O/c23-17-12-30-21(31-13-22(25,26)18-7-3-4-8-28-18)20(24)16(17)9-19(32)29-11-15-6-2-1-5-14(15)10-27/h1-8,12H,9-11,13,27H2,(H,29,32)(H,30,31). The minimum absolute atomic E-state index is 0.0814. The summed E-state index contributed by atoms with van der Waals surface area (Å²) in [5.41, 5.74) is 6.79. The van der Waals surface area contributed by atoms with Crippen LogP contribution in [0.4, 0.5) is 19.0 Å². The van der Waals surface area contributed by atoms with Crippen LogP contribution in [0, 0.1) is 5.82 Å². The second-order valence-corrected chi connectivity index (χ2v) is 7.35. The van der Waals surface area contributed by atoms with Crippen molar-refractivity contribution in [2.45, 2.75) is 25.4 Å². The largest absolute Gasteiger partial charge is 0.361 e. The predicted molar refractivity (Wildman–Crippen MR) is 116 cm³/mol. The molecule has 0 aliphatic heterocycles. The Kier molecular flexibility index (Phi) is 7.66. The van der Waals surface area contributed by atoms with Gasteiger partial charge in [0.2, 0.25) is 5.91 Å². The molecule has 0 aliphatic rings. The summed E-state index contributed by atoms with van der Waals surface area (Å²) in [5, 5.41) is 4.89. The quantitative estimate of drug-likeness (QED) is 0.449. The summed E-state index contributed by atoms with van der Waals surface area (Å²) in [4.78, 5) is 19.7. The molecule has 0 unspecified atom stereocenters. The molecule has 3 rings (SSSR count). The molecule has 168 valence electrons. The number of nitrogens with zero attached hydrogens (tertiary/aromatic N) is 2. The van der Waals surface area contributed by atoms with Crippen LogP contribution in [0.25, 0.3) is 0 Å². The molecule has 0 fully saturated rings. The second kappa shape index (κ2) is 10.4. The van der Waals surface area contributed by atoms with Gasteiger partial charge in [-0.25, -0.2) is 9.37 Å². The van der Waals surface area contributed by atoms with E-state index in [1.54, 1.807) is 0 Å². The van der Waals surface area contributed by atoms with Crippen LogP contribution in [0.5, 0.6) is 0 Å². The van der Waals surface area contributed by atoms with Gasteiger partial charge in [-0.3, -0.25) is 9.78 Å². The Labute approximate surface area is 188 Å². The molecule has 32 heavy (non-hydrogen) atoms. The van der Waals surface area contributed by atoms with Gasteiger partial charge in [0.15, 0.2) is 11.6 Å². The van der Waals surface area contributed by atoms with Crippen molar-refractivity contribution in [2.75, 3.05) is 11.9 Å². The Balaban J connectivity index is 1.67. The number of hydrogen-bond donors (Lipinski definition) is 3. The van der Waals surface area contributed by atoms with Gasteiger partial charge in [0.05, 0.1) is 18.0 Å². The topological polar surface area (TPSA) is 92.9 Å². The lowest BCUT2D eigenvalue weighted by Gasteiger charge is -2.18. The first-order chi connectivity index (χ1) is 15.3. The summed E-state index contributed by atoms with van der Waals surface area (Å²) < 4.78 is 43.5. The lowest BCUT2D eigenvalue weighted by atomic mass is 10.1. The molecule has 0 bridgehead atoms. The molecule has 0 aliphatic carbocycles. The number of aromatic nitrogens is 2. The van der Waals surface area contributed by atoms with E-state index >= 15 is 0 Å². The smallest absolute Gasteiger partial charge is 0.306 e. The predicted octanol–water partition coefficient (Wildman–Crippen LogP) is 3.79. The van der Waals surface area contributed by atoms with Crippen LogP contribution in [-0.2, 0) is 30.2 Å². The normalized spacial score (nSPS) is 11.3. The van der Waals surface area contributed by atoms with Crippen LogP contribution in [0.3, 0.4) is 0 Å². The number of carbonyl (C=O) groups is 1. The van der Waals surface area contributed by atoms with Gasteiger partial charge in [0.25, 0.3) is 0 Å². The highest BCUT2D eigenvalue weighted by atomic mass is 35.5. The number of alkyl halides is 2. The maximum absolute atomic E-state index is 14.9. The minimum atomic E-state index is -3.36. The Morgan fingerprint density at radius 3 is 2.50 bits per heavy atom. The molecule has 3 aromatic rings. The highest BCUT2D eigenvalue weighted by molar-refractivity contribution is 6.31. The van der Waals surface area contributed by atoms with Gasteiger partial charge in [-0.15, -0.1) is 0 Å². The van der Waals surface area contributed by atoms with E-state index in [0.29, 0.717) is 6.54 Å². The van der Waals surface area contributed by atoms with Crippen LogP contribution in [0.1, 0.15) is 22.4 Å². The van der Waals surface area contributed by atoms with Crippen LogP contribution >= 0.6 is 11.6 Å². The average Bonchev–Trinajstić information content (AvgIpc) is 2.80. The van der Waals surface area contributed by atoms with Crippen LogP contribution in [0.2, 0.25) is 5.02 Å². The van der Waals surface area contributed by atoms with Crippen LogP contribution in [-0.4, -0.2) is 22.4 Å². The average molecular weight is 464 g/mol. The molecule has 2 aromatic heterocycles. The molecule has 0 atom stereocenters. The van der Waals surface area contributed by atoms with E-state index < -0.39 is 35.7 Å². The lowest BCUT2D eigenvalue weighted by molar-refractivity contribution is -0.120. The number of carbonyl (C=O) groups excluding carboxylic acids is 1. The van der Waals surface area contributed by atoms with Crippen molar-refractivity contribution in [3.63, 3.8) is 0 Å². The van der Waals surface area contributed by atoms with Gasteiger partial charge < -0.3 is 16.4 Å². The molecule has 2 heterocycles. The van der Waals surface area contributed by atoms with Crippen molar-refractivity contribution in [1.82, 2.24) is 15.3 Å². The van der Waals surface area contributed by atoms with E-state index in [-0.39, 0.29) is 23.6 Å². The highest BCUT2D eigenvalue weighted by Crippen LogP contribution is 2.28. The molecule has 0 saturated heterocycles. The second-order valence-electron chi connectivity index (χ2n) is 6.95. The first kappa shape index (κ1) is 23.5. The van der Waals surface area contributed by atoms with Gasteiger partial charge in [-0.2, -0.15) is 8.78 Å². The van der Waals surface area contributed by atoms with Gasteiger partial charge in [0, 0.05) is 31.0 Å². The maximum atomic E-state index is 14.9. The molecule has 0 saturated carbocycles. The third-order valence-electron chi connectivity index (χ3n) is 4.74. The summed E-state index contributed by atoms with van der Waals surface area (Å²) in [6, 6.07) is 11.4. The number of nitrogens with one attached hydrogen (secondary N) is 2. The zero-order valence-corrected chi connectivity index (χ0v) is 17.7.